The average Bonchev–Trinajstić information content (AvgIpc) is 2.87. The molecule has 2 aromatic rings. The monoisotopic (exact) mass is 302 g/mol. The normalized spacial score (nSPS) is 17.0. The highest BCUT2D eigenvalue weighted by molar-refractivity contribution is 5.89. The molecule has 0 amide bonds. The predicted octanol–water partition coefficient (Wildman–Crippen LogP) is 1.92. The van der Waals surface area contributed by atoms with Crippen LogP contribution in [0.1, 0.15) is 35.1 Å². The van der Waals surface area contributed by atoms with E-state index in [-0.39, 0.29) is 17.3 Å². The zero-order valence-corrected chi connectivity index (χ0v) is 11.6. The third kappa shape index (κ3) is 2.11. The highest BCUT2D eigenvalue weighted by Gasteiger charge is 2.34. The molecule has 0 bridgehead atoms. The fourth-order valence-electron chi connectivity index (χ4n) is 2.89. The predicted molar refractivity (Wildman–Crippen MR) is 75.9 cm³/mol. The first-order chi connectivity index (χ1) is 10.5. The van der Waals surface area contributed by atoms with E-state index in [2.05, 4.69) is 4.98 Å². The number of hydrogen-bond donors (Lipinski definition) is 3. The fraction of sp³-hybridized carbons (Fsp3) is 0.267. The molecule has 7 heteroatoms. The van der Waals surface area contributed by atoms with E-state index >= 15 is 0 Å². The van der Waals surface area contributed by atoms with Gasteiger partial charge in [0, 0.05) is 0 Å². The van der Waals surface area contributed by atoms with Gasteiger partial charge >= 0.3 is 11.9 Å². The molecule has 22 heavy (non-hydrogen) atoms. The van der Waals surface area contributed by atoms with E-state index < -0.39 is 18.0 Å². The number of aromatic nitrogens is 2. The summed E-state index contributed by atoms with van der Waals surface area (Å²) in [6.07, 6.45) is 1.44. The maximum Gasteiger partial charge on any atom is 0.356 e. The van der Waals surface area contributed by atoms with Gasteiger partial charge in [-0.1, -0.05) is 12.1 Å². The SMILES string of the molecule is O=C(O)c1nc(-c2ccccc2O)n2c1CCCC2C(=O)O. The van der Waals surface area contributed by atoms with Crippen LogP contribution in [0.15, 0.2) is 24.3 Å². The van der Waals surface area contributed by atoms with Crippen LogP contribution in [0.5, 0.6) is 5.75 Å². The van der Waals surface area contributed by atoms with Crippen molar-refractivity contribution in [2.24, 2.45) is 0 Å². The highest BCUT2D eigenvalue weighted by atomic mass is 16.4. The molecule has 0 aliphatic carbocycles. The standard InChI is InChI=1S/C15H14N2O5/c18-11-7-2-1-4-8(11)13-16-12(15(21)22)9-5-3-6-10(14(19)20)17(9)13/h1-2,4,7,10,18H,3,5-6H2,(H,19,20)(H,21,22). The van der Waals surface area contributed by atoms with E-state index in [4.69, 9.17) is 0 Å². The molecular weight excluding hydrogens is 288 g/mol. The summed E-state index contributed by atoms with van der Waals surface area (Å²) in [6, 6.07) is 5.47. The van der Waals surface area contributed by atoms with Crippen LogP contribution in [-0.4, -0.2) is 36.8 Å². The Hall–Kier alpha value is -2.83. The van der Waals surface area contributed by atoms with Crippen LogP contribution in [0.2, 0.25) is 0 Å². The molecule has 1 atom stereocenters. The Morgan fingerprint density at radius 1 is 1.23 bits per heavy atom. The molecule has 0 saturated carbocycles. The summed E-state index contributed by atoms with van der Waals surface area (Å²) >= 11 is 0. The fourth-order valence-corrected chi connectivity index (χ4v) is 2.89. The lowest BCUT2D eigenvalue weighted by molar-refractivity contribution is -0.141. The summed E-state index contributed by atoms with van der Waals surface area (Å²) < 4.78 is 1.43. The molecule has 0 radical (unpaired) electrons. The molecule has 1 aliphatic rings. The van der Waals surface area contributed by atoms with E-state index in [0.717, 1.165) is 0 Å². The molecule has 7 nitrogen and oxygen atoms in total. The second kappa shape index (κ2) is 5.18. The number of benzene rings is 1. The minimum atomic E-state index is -1.20. The Bertz CT molecular complexity index is 765. The van der Waals surface area contributed by atoms with Crippen LogP contribution in [0.3, 0.4) is 0 Å². The van der Waals surface area contributed by atoms with E-state index in [9.17, 15) is 24.9 Å². The van der Waals surface area contributed by atoms with Gasteiger partial charge in [-0.15, -0.1) is 0 Å². The van der Waals surface area contributed by atoms with Crippen LogP contribution < -0.4 is 0 Å². The van der Waals surface area contributed by atoms with Crippen LogP contribution in [0.25, 0.3) is 11.4 Å². The molecule has 2 heterocycles. The van der Waals surface area contributed by atoms with Crippen molar-refractivity contribution >= 4 is 11.9 Å². The summed E-state index contributed by atoms with van der Waals surface area (Å²) in [5, 5.41) is 28.7. The number of aromatic carboxylic acids is 1. The number of carboxylic acid groups (broad SMARTS) is 2. The lowest BCUT2D eigenvalue weighted by atomic mass is 10.0. The zero-order valence-electron chi connectivity index (χ0n) is 11.6. The number of nitrogens with zero attached hydrogens (tertiary/aromatic N) is 2. The number of phenolic OH excluding ortho intramolecular Hbond substituents is 1. The molecule has 3 rings (SSSR count). The Labute approximate surface area is 125 Å². The largest absolute Gasteiger partial charge is 0.507 e. The van der Waals surface area contributed by atoms with Crippen molar-refractivity contribution in [3.63, 3.8) is 0 Å². The lowest BCUT2D eigenvalue weighted by Gasteiger charge is -2.24. The molecule has 1 unspecified atom stereocenters. The van der Waals surface area contributed by atoms with Gasteiger partial charge in [-0.3, -0.25) is 0 Å². The van der Waals surface area contributed by atoms with E-state index in [1.54, 1.807) is 18.2 Å². The van der Waals surface area contributed by atoms with Crippen LogP contribution in [0.4, 0.5) is 0 Å². The summed E-state index contributed by atoms with van der Waals surface area (Å²) in [5.41, 5.74) is 0.568. The van der Waals surface area contributed by atoms with Gasteiger partial charge in [0.25, 0.3) is 0 Å². The van der Waals surface area contributed by atoms with Crippen molar-refractivity contribution in [3.05, 3.63) is 35.7 Å². The number of aliphatic carboxylic acids is 1. The summed E-state index contributed by atoms with van der Waals surface area (Å²) in [7, 11) is 0. The number of para-hydroxylation sites is 1. The van der Waals surface area contributed by atoms with Gasteiger partial charge in [0.15, 0.2) is 5.69 Å². The van der Waals surface area contributed by atoms with Gasteiger partial charge in [-0.05, 0) is 31.4 Å². The van der Waals surface area contributed by atoms with Gasteiger partial charge in [0.05, 0.1) is 11.3 Å². The molecule has 1 aromatic carbocycles. The van der Waals surface area contributed by atoms with Gasteiger partial charge in [0.2, 0.25) is 0 Å². The van der Waals surface area contributed by atoms with E-state index in [0.29, 0.717) is 30.5 Å². The first-order valence-electron chi connectivity index (χ1n) is 6.86. The third-order valence-corrected chi connectivity index (χ3v) is 3.85. The van der Waals surface area contributed by atoms with Crippen molar-refractivity contribution in [1.29, 1.82) is 0 Å². The second-order valence-corrected chi connectivity index (χ2v) is 5.17. The number of hydrogen-bond acceptors (Lipinski definition) is 4. The first-order valence-corrected chi connectivity index (χ1v) is 6.86. The highest BCUT2D eigenvalue weighted by Crippen LogP contribution is 2.36. The minimum absolute atomic E-state index is 0.0676. The van der Waals surface area contributed by atoms with Gasteiger partial charge < -0.3 is 19.9 Å². The maximum atomic E-state index is 11.5. The number of aromatic hydroxyl groups is 1. The molecular formula is C15H14N2O5. The maximum absolute atomic E-state index is 11.5. The zero-order chi connectivity index (χ0) is 15.9. The smallest absolute Gasteiger partial charge is 0.356 e. The number of imidazole rings is 1. The number of rotatable bonds is 3. The quantitative estimate of drug-likeness (QED) is 0.798. The van der Waals surface area contributed by atoms with Gasteiger partial charge in [-0.25, -0.2) is 14.6 Å². The van der Waals surface area contributed by atoms with Crippen molar-refractivity contribution in [2.45, 2.75) is 25.3 Å². The Morgan fingerprint density at radius 2 is 1.95 bits per heavy atom. The van der Waals surface area contributed by atoms with Crippen LogP contribution >= 0.6 is 0 Å². The van der Waals surface area contributed by atoms with Crippen LogP contribution in [0, 0.1) is 0 Å². The molecule has 0 spiro atoms. The number of phenols is 1. The lowest BCUT2D eigenvalue weighted by Crippen LogP contribution is -2.26. The molecule has 3 N–H and O–H groups in total. The molecule has 0 saturated heterocycles. The average molecular weight is 302 g/mol. The molecule has 1 aliphatic heterocycles. The minimum Gasteiger partial charge on any atom is -0.507 e. The Kier molecular flexibility index (Phi) is 3.32. The van der Waals surface area contributed by atoms with E-state index in [1.807, 2.05) is 0 Å². The molecule has 114 valence electrons. The molecule has 1 aromatic heterocycles. The van der Waals surface area contributed by atoms with Crippen molar-refractivity contribution in [2.75, 3.05) is 0 Å². The molecule has 0 fully saturated rings. The van der Waals surface area contributed by atoms with Crippen molar-refractivity contribution in [1.82, 2.24) is 9.55 Å². The summed E-state index contributed by atoms with van der Waals surface area (Å²) in [4.78, 5) is 27.0. The van der Waals surface area contributed by atoms with Gasteiger partial charge in [-0.2, -0.15) is 0 Å². The Balaban J connectivity index is 2.29. The first kappa shape index (κ1) is 14.1. The van der Waals surface area contributed by atoms with Gasteiger partial charge in [0.1, 0.15) is 17.6 Å². The number of carboxylic acids is 2. The van der Waals surface area contributed by atoms with Crippen molar-refractivity contribution in [3.8, 4) is 17.1 Å². The second-order valence-electron chi connectivity index (χ2n) is 5.17. The summed E-state index contributed by atoms with van der Waals surface area (Å²) in [5.74, 6) is -2.12. The third-order valence-electron chi connectivity index (χ3n) is 3.85. The number of fused-ring (bicyclic) bond motifs is 1. The number of carbonyl (C=O) groups is 2. The topological polar surface area (TPSA) is 113 Å². The Morgan fingerprint density at radius 3 is 2.59 bits per heavy atom. The van der Waals surface area contributed by atoms with Crippen molar-refractivity contribution < 1.29 is 24.9 Å². The summed E-state index contributed by atoms with van der Waals surface area (Å²) in [6.45, 7) is 0. The van der Waals surface area contributed by atoms with Crippen LogP contribution in [-0.2, 0) is 11.2 Å². The van der Waals surface area contributed by atoms with E-state index in [1.165, 1.54) is 10.6 Å².